The van der Waals surface area contributed by atoms with Gasteiger partial charge in [0.2, 0.25) is 0 Å². The number of ether oxygens (including phenoxy) is 2. The van der Waals surface area contributed by atoms with Crippen molar-refractivity contribution in [3.8, 4) is 11.5 Å². The predicted molar refractivity (Wildman–Crippen MR) is 113 cm³/mol. The summed E-state index contributed by atoms with van der Waals surface area (Å²) >= 11 is 2.16. The first-order valence-corrected chi connectivity index (χ1v) is 10.2. The van der Waals surface area contributed by atoms with Crippen molar-refractivity contribution in [3.63, 3.8) is 0 Å². The molecule has 0 bridgehead atoms. The SMILES string of the molecule is COc1cc(I)c(C(=O)NCC(C)(C)N2CC(C)CC(C)C2)cc1OC. The molecule has 2 unspecified atom stereocenters. The van der Waals surface area contributed by atoms with Gasteiger partial charge in [-0.05, 0) is 66.8 Å². The molecule has 1 aliphatic rings. The molecule has 1 N–H and O–H groups in total. The summed E-state index contributed by atoms with van der Waals surface area (Å²) in [6.45, 7) is 11.8. The van der Waals surface area contributed by atoms with Crippen molar-refractivity contribution >= 4 is 28.5 Å². The molecule has 146 valence electrons. The van der Waals surface area contributed by atoms with Gasteiger partial charge in [0.15, 0.2) is 11.5 Å². The highest BCUT2D eigenvalue weighted by atomic mass is 127. The second kappa shape index (κ2) is 8.78. The number of hydrogen-bond donors (Lipinski definition) is 1. The van der Waals surface area contributed by atoms with E-state index in [2.05, 4.69) is 60.5 Å². The molecular weight excluding hydrogens is 443 g/mol. The molecule has 5 nitrogen and oxygen atoms in total. The van der Waals surface area contributed by atoms with Crippen LogP contribution in [0.4, 0.5) is 0 Å². The summed E-state index contributed by atoms with van der Waals surface area (Å²) in [7, 11) is 3.17. The van der Waals surface area contributed by atoms with Crippen LogP contribution in [0.2, 0.25) is 0 Å². The summed E-state index contributed by atoms with van der Waals surface area (Å²) in [5.41, 5.74) is 0.528. The van der Waals surface area contributed by atoms with E-state index in [9.17, 15) is 4.79 Å². The van der Waals surface area contributed by atoms with Gasteiger partial charge in [0.1, 0.15) is 0 Å². The minimum atomic E-state index is -0.0827. The predicted octanol–water partition coefficient (Wildman–Crippen LogP) is 3.79. The molecule has 1 aliphatic heterocycles. The third-order valence-corrected chi connectivity index (χ3v) is 6.02. The fourth-order valence-electron chi connectivity index (χ4n) is 3.69. The van der Waals surface area contributed by atoms with Gasteiger partial charge < -0.3 is 14.8 Å². The number of rotatable bonds is 6. The Hall–Kier alpha value is -1.02. The van der Waals surface area contributed by atoms with Crippen molar-refractivity contribution in [1.82, 2.24) is 10.2 Å². The summed E-state index contributed by atoms with van der Waals surface area (Å²) < 4.78 is 11.5. The van der Waals surface area contributed by atoms with Crippen LogP contribution in [0.5, 0.6) is 11.5 Å². The number of carbonyl (C=O) groups is 1. The highest BCUT2D eigenvalue weighted by Crippen LogP contribution is 2.31. The van der Waals surface area contributed by atoms with Crippen molar-refractivity contribution in [1.29, 1.82) is 0 Å². The van der Waals surface area contributed by atoms with E-state index in [1.807, 2.05) is 6.07 Å². The van der Waals surface area contributed by atoms with Gasteiger partial charge in [0.25, 0.3) is 5.91 Å². The molecule has 2 rings (SSSR count). The van der Waals surface area contributed by atoms with Crippen molar-refractivity contribution in [2.24, 2.45) is 11.8 Å². The summed E-state index contributed by atoms with van der Waals surface area (Å²) in [6.07, 6.45) is 1.28. The third kappa shape index (κ3) is 5.03. The molecule has 2 atom stereocenters. The van der Waals surface area contributed by atoms with Crippen molar-refractivity contribution in [2.45, 2.75) is 39.7 Å². The van der Waals surface area contributed by atoms with Crippen molar-refractivity contribution in [2.75, 3.05) is 33.9 Å². The number of methoxy groups -OCH3 is 2. The summed E-state index contributed by atoms with van der Waals surface area (Å²) in [5.74, 6) is 2.50. The van der Waals surface area contributed by atoms with Gasteiger partial charge in [-0.25, -0.2) is 0 Å². The van der Waals surface area contributed by atoms with Crippen LogP contribution in [-0.4, -0.2) is 50.2 Å². The average Bonchev–Trinajstić information content (AvgIpc) is 2.58. The Morgan fingerprint density at radius 3 is 2.27 bits per heavy atom. The van der Waals surface area contributed by atoms with E-state index in [1.165, 1.54) is 6.42 Å². The molecule has 1 fully saturated rings. The molecule has 1 aromatic carbocycles. The molecule has 26 heavy (non-hydrogen) atoms. The smallest absolute Gasteiger partial charge is 0.252 e. The summed E-state index contributed by atoms with van der Waals surface area (Å²) in [6, 6.07) is 3.57. The Morgan fingerprint density at radius 1 is 1.19 bits per heavy atom. The van der Waals surface area contributed by atoms with Gasteiger partial charge in [-0.2, -0.15) is 0 Å². The summed E-state index contributed by atoms with van der Waals surface area (Å²) in [4.78, 5) is 15.3. The van der Waals surface area contributed by atoms with Gasteiger partial charge in [0, 0.05) is 28.7 Å². The average molecular weight is 474 g/mol. The number of nitrogens with zero attached hydrogens (tertiary/aromatic N) is 1. The molecule has 0 saturated carbocycles. The highest BCUT2D eigenvalue weighted by molar-refractivity contribution is 14.1. The van der Waals surface area contributed by atoms with Crippen LogP contribution in [0.15, 0.2) is 12.1 Å². The number of benzene rings is 1. The number of carbonyl (C=O) groups excluding carboxylic acids is 1. The van der Waals surface area contributed by atoms with E-state index in [0.29, 0.717) is 35.4 Å². The van der Waals surface area contributed by atoms with Gasteiger partial charge in [-0.15, -0.1) is 0 Å². The van der Waals surface area contributed by atoms with Crippen LogP contribution in [0, 0.1) is 15.4 Å². The number of hydrogen-bond acceptors (Lipinski definition) is 4. The van der Waals surface area contributed by atoms with Gasteiger partial charge in [0.05, 0.1) is 19.8 Å². The zero-order valence-electron chi connectivity index (χ0n) is 16.7. The molecule has 1 heterocycles. The number of amides is 1. The maximum Gasteiger partial charge on any atom is 0.252 e. The fourth-order valence-corrected chi connectivity index (χ4v) is 4.37. The molecule has 6 heteroatoms. The Labute approximate surface area is 170 Å². The third-order valence-electron chi connectivity index (χ3n) is 5.12. The fraction of sp³-hybridized carbons (Fsp3) is 0.650. The quantitative estimate of drug-likeness (QED) is 0.638. The van der Waals surface area contributed by atoms with E-state index in [-0.39, 0.29) is 11.4 Å². The molecule has 0 aliphatic carbocycles. The second-order valence-corrected chi connectivity index (χ2v) is 9.20. The van der Waals surface area contributed by atoms with E-state index in [1.54, 1.807) is 20.3 Å². The Bertz CT molecular complexity index is 638. The van der Waals surface area contributed by atoms with E-state index in [0.717, 1.165) is 16.7 Å². The molecule has 0 aromatic heterocycles. The van der Waals surface area contributed by atoms with Crippen LogP contribution in [-0.2, 0) is 0 Å². The molecule has 1 saturated heterocycles. The Kier molecular flexibility index (Phi) is 7.19. The number of halogens is 1. The van der Waals surface area contributed by atoms with Crippen molar-refractivity contribution in [3.05, 3.63) is 21.3 Å². The molecular formula is C20H31IN2O3. The van der Waals surface area contributed by atoms with Crippen molar-refractivity contribution < 1.29 is 14.3 Å². The minimum absolute atomic E-state index is 0.0819. The minimum Gasteiger partial charge on any atom is -0.493 e. The Morgan fingerprint density at radius 2 is 1.73 bits per heavy atom. The lowest BCUT2D eigenvalue weighted by Gasteiger charge is -2.45. The normalized spacial score (nSPS) is 21.3. The van der Waals surface area contributed by atoms with Gasteiger partial charge in [-0.1, -0.05) is 13.8 Å². The van der Waals surface area contributed by atoms with Crippen LogP contribution >= 0.6 is 22.6 Å². The first-order valence-electron chi connectivity index (χ1n) is 9.12. The lowest BCUT2D eigenvalue weighted by atomic mass is 9.88. The lowest BCUT2D eigenvalue weighted by molar-refractivity contribution is 0.0445. The first-order chi connectivity index (χ1) is 12.2. The van der Waals surface area contributed by atoms with Gasteiger partial charge >= 0.3 is 0 Å². The monoisotopic (exact) mass is 474 g/mol. The number of nitrogens with one attached hydrogen (secondary N) is 1. The standard InChI is InChI=1S/C20H31IN2O3/c1-13-7-14(2)11-23(10-13)20(3,4)12-22-19(24)15-8-17(25-5)18(26-6)9-16(15)21/h8-9,13-14H,7,10-12H2,1-6H3,(H,22,24). The zero-order chi connectivity index (χ0) is 19.5. The maximum absolute atomic E-state index is 12.8. The molecule has 0 radical (unpaired) electrons. The van der Waals surface area contributed by atoms with Crippen LogP contribution in [0.3, 0.4) is 0 Å². The lowest BCUT2D eigenvalue weighted by Crippen LogP contribution is -2.56. The van der Waals surface area contributed by atoms with Crippen LogP contribution in [0.25, 0.3) is 0 Å². The topological polar surface area (TPSA) is 50.8 Å². The highest BCUT2D eigenvalue weighted by Gasteiger charge is 2.33. The number of likely N-dealkylation sites (tertiary alicyclic amines) is 1. The van der Waals surface area contributed by atoms with Crippen LogP contribution < -0.4 is 14.8 Å². The molecule has 1 aromatic rings. The maximum atomic E-state index is 12.8. The number of piperidine rings is 1. The zero-order valence-corrected chi connectivity index (χ0v) is 18.8. The van der Waals surface area contributed by atoms with Crippen LogP contribution in [0.1, 0.15) is 44.5 Å². The van der Waals surface area contributed by atoms with E-state index < -0.39 is 0 Å². The largest absolute Gasteiger partial charge is 0.493 e. The Balaban J connectivity index is 2.08. The second-order valence-electron chi connectivity index (χ2n) is 8.03. The summed E-state index contributed by atoms with van der Waals surface area (Å²) in [5, 5.41) is 3.11. The molecule has 0 spiro atoms. The van der Waals surface area contributed by atoms with Gasteiger partial charge in [-0.3, -0.25) is 9.69 Å². The van der Waals surface area contributed by atoms with E-state index >= 15 is 0 Å². The molecule has 1 amide bonds. The van der Waals surface area contributed by atoms with E-state index in [4.69, 9.17) is 9.47 Å². The first kappa shape index (κ1) is 21.3.